The fourth-order valence-electron chi connectivity index (χ4n) is 3.48. The molecule has 2 amide bonds. The van der Waals surface area contributed by atoms with Crippen molar-refractivity contribution >= 4 is 23.7 Å². The van der Waals surface area contributed by atoms with Gasteiger partial charge in [-0.15, -0.1) is 0 Å². The number of anilines is 1. The van der Waals surface area contributed by atoms with E-state index in [0.29, 0.717) is 23.5 Å². The minimum atomic E-state index is -0.786. The van der Waals surface area contributed by atoms with E-state index >= 15 is 0 Å². The number of nitrogens with one attached hydrogen (secondary N) is 2. The molecule has 0 saturated heterocycles. The largest absolute Gasteiger partial charge is 0.513 e. The van der Waals surface area contributed by atoms with Crippen LogP contribution in [0, 0.1) is 0 Å². The van der Waals surface area contributed by atoms with Gasteiger partial charge in [0.25, 0.3) is 5.91 Å². The Hall–Kier alpha value is -3.61. The third-order valence-corrected chi connectivity index (χ3v) is 5.06. The number of carbonyl (C=O) groups is 3. The van der Waals surface area contributed by atoms with Gasteiger partial charge in [0, 0.05) is 23.9 Å². The smallest absolute Gasteiger partial charge is 0.434 e. The SMILES string of the molecule is CCOC(=O)Oc1ccc(C(=O)NCc2cccc(NC(=O)C=C3CCCCC3)c2)cc1. The Morgan fingerprint density at radius 3 is 2.47 bits per heavy atom. The first kappa shape index (κ1) is 23.1. The van der Waals surface area contributed by atoms with E-state index in [2.05, 4.69) is 10.6 Å². The van der Waals surface area contributed by atoms with Crippen molar-refractivity contribution in [3.8, 4) is 5.75 Å². The zero-order chi connectivity index (χ0) is 22.8. The molecular formula is C25H28N2O5. The number of benzene rings is 2. The minimum absolute atomic E-state index is 0.117. The first-order chi connectivity index (χ1) is 15.5. The maximum Gasteiger partial charge on any atom is 0.513 e. The summed E-state index contributed by atoms with van der Waals surface area (Å²) in [6.45, 7) is 2.22. The lowest BCUT2D eigenvalue weighted by Gasteiger charge is -2.13. The summed E-state index contributed by atoms with van der Waals surface area (Å²) in [4.78, 5) is 36.0. The lowest BCUT2D eigenvalue weighted by Crippen LogP contribution is -2.22. The molecule has 0 aromatic heterocycles. The van der Waals surface area contributed by atoms with Crippen molar-refractivity contribution in [1.82, 2.24) is 5.32 Å². The lowest BCUT2D eigenvalue weighted by atomic mass is 9.94. The molecule has 2 aromatic rings. The summed E-state index contributed by atoms with van der Waals surface area (Å²) in [6, 6.07) is 13.6. The minimum Gasteiger partial charge on any atom is -0.434 e. The summed E-state index contributed by atoms with van der Waals surface area (Å²) in [6.07, 6.45) is 6.45. The van der Waals surface area contributed by atoms with Gasteiger partial charge in [0.05, 0.1) is 6.61 Å². The molecule has 0 spiro atoms. The molecule has 0 unspecified atom stereocenters. The molecule has 1 aliphatic carbocycles. The molecule has 32 heavy (non-hydrogen) atoms. The normalized spacial score (nSPS) is 13.1. The molecule has 0 heterocycles. The maximum atomic E-state index is 12.4. The highest BCUT2D eigenvalue weighted by Gasteiger charge is 2.10. The second-order valence-electron chi connectivity index (χ2n) is 7.55. The Kier molecular flexibility index (Phi) is 8.43. The predicted molar refractivity (Wildman–Crippen MR) is 122 cm³/mol. The zero-order valence-corrected chi connectivity index (χ0v) is 18.2. The highest BCUT2D eigenvalue weighted by molar-refractivity contribution is 5.99. The Labute approximate surface area is 187 Å². The summed E-state index contributed by atoms with van der Waals surface area (Å²) in [5.74, 6) is -0.0796. The summed E-state index contributed by atoms with van der Waals surface area (Å²) >= 11 is 0. The monoisotopic (exact) mass is 436 g/mol. The van der Waals surface area contributed by atoms with Gasteiger partial charge in [0.1, 0.15) is 5.75 Å². The number of hydrogen-bond acceptors (Lipinski definition) is 5. The molecular weight excluding hydrogens is 408 g/mol. The molecule has 7 nitrogen and oxygen atoms in total. The number of carbonyl (C=O) groups excluding carboxylic acids is 3. The van der Waals surface area contributed by atoms with Crippen molar-refractivity contribution in [3.05, 3.63) is 71.3 Å². The quantitative estimate of drug-likeness (QED) is 0.363. The standard InChI is InChI=1S/C25H28N2O5/c1-2-31-25(30)32-22-13-11-20(12-14-22)24(29)26-17-19-9-6-10-21(15-19)27-23(28)16-18-7-4-3-5-8-18/h6,9-16H,2-5,7-8,17H2,1H3,(H,26,29)(H,27,28). The third kappa shape index (κ3) is 7.27. The molecule has 2 N–H and O–H groups in total. The van der Waals surface area contributed by atoms with Gasteiger partial charge < -0.3 is 20.1 Å². The summed E-state index contributed by atoms with van der Waals surface area (Å²) < 4.78 is 9.69. The zero-order valence-electron chi connectivity index (χ0n) is 18.2. The van der Waals surface area contributed by atoms with Crippen molar-refractivity contribution in [2.45, 2.75) is 45.6 Å². The van der Waals surface area contributed by atoms with E-state index in [9.17, 15) is 14.4 Å². The van der Waals surface area contributed by atoms with Crippen molar-refractivity contribution in [2.75, 3.05) is 11.9 Å². The second kappa shape index (κ2) is 11.7. The third-order valence-electron chi connectivity index (χ3n) is 5.06. The van der Waals surface area contributed by atoms with Crippen LogP contribution in [0.5, 0.6) is 5.75 Å². The van der Waals surface area contributed by atoms with Crippen LogP contribution in [0.2, 0.25) is 0 Å². The Morgan fingerprint density at radius 2 is 1.75 bits per heavy atom. The number of allylic oxidation sites excluding steroid dienone is 1. The van der Waals surface area contributed by atoms with Crippen molar-refractivity contribution in [2.24, 2.45) is 0 Å². The summed E-state index contributed by atoms with van der Waals surface area (Å²) in [7, 11) is 0. The molecule has 0 aliphatic heterocycles. The van der Waals surface area contributed by atoms with Gasteiger partial charge in [-0.1, -0.05) is 24.1 Å². The van der Waals surface area contributed by atoms with Crippen LogP contribution in [0.4, 0.5) is 10.5 Å². The van der Waals surface area contributed by atoms with Crippen LogP contribution in [0.1, 0.15) is 54.9 Å². The van der Waals surface area contributed by atoms with Crippen LogP contribution in [0.25, 0.3) is 0 Å². The van der Waals surface area contributed by atoms with E-state index in [-0.39, 0.29) is 18.4 Å². The molecule has 1 fully saturated rings. The van der Waals surface area contributed by atoms with Crippen molar-refractivity contribution in [1.29, 1.82) is 0 Å². The molecule has 0 bridgehead atoms. The van der Waals surface area contributed by atoms with Crippen LogP contribution in [-0.2, 0) is 16.1 Å². The topological polar surface area (TPSA) is 93.7 Å². The van der Waals surface area contributed by atoms with Crippen LogP contribution < -0.4 is 15.4 Å². The van der Waals surface area contributed by atoms with Crippen molar-refractivity contribution < 1.29 is 23.9 Å². The predicted octanol–water partition coefficient (Wildman–Crippen LogP) is 4.98. The van der Waals surface area contributed by atoms with E-state index in [4.69, 9.17) is 9.47 Å². The molecule has 1 saturated carbocycles. The van der Waals surface area contributed by atoms with Gasteiger partial charge in [-0.25, -0.2) is 4.79 Å². The van der Waals surface area contributed by atoms with E-state index in [0.717, 1.165) is 31.2 Å². The first-order valence-electron chi connectivity index (χ1n) is 10.9. The molecule has 3 rings (SSSR count). The van der Waals surface area contributed by atoms with Crippen LogP contribution in [-0.4, -0.2) is 24.6 Å². The molecule has 1 aliphatic rings. The molecule has 0 atom stereocenters. The second-order valence-corrected chi connectivity index (χ2v) is 7.55. The highest BCUT2D eigenvalue weighted by Crippen LogP contribution is 2.22. The van der Waals surface area contributed by atoms with E-state index in [1.165, 1.54) is 24.1 Å². The van der Waals surface area contributed by atoms with E-state index in [1.807, 2.05) is 24.3 Å². The Morgan fingerprint density at radius 1 is 1.00 bits per heavy atom. The summed E-state index contributed by atoms with van der Waals surface area (Å²) in [5.41, 5.74) is 3.19. The first-order valence-corrected chi connectivity index (χ1v) is 10.9. The van der Waals surface area contributed by atoms with Gasteiger partial charge in [0.15, 0.2) is 0 Å². The number of ether oxygens (including phenoxy) is 2. The molecule has 0 radical (unpaired) electrons. The van der Waals surface area contributed by atoms with Gasteiger partial charge in [-0.3, -0.25) is 9.59 Å². The number of amides is 2. The van der Waals surface area contributed by atoms with E-state index < -0.39 is 6.16 Å². The summed E-state index contributed by atoms with van der Waals surface area (Å²) in [5, 5.41) is 5.75. The highest BCUT2D eigenvalue weighted by atomic mass is 16.7. The number of rotatable bonds is 7. The van der Waals surface area contributed by atoms with Gasteiger partial charge in [-0.2, -0.15) is 0 Å². The molecule has 7 heteroatoms. The fourth-order valence-corrected chi connectivity index (χ4v) is 3.48. The molecule has 2 aromatic carbocycles. The van der Waals surface area contributed by atoms with Gasteiger partial charge >= 0.3 is 6.16 Å². The lowest BCUT2D eigenvalue weighted by molar-refractivity contribution is -0.112. The van der Waals surface area contributed by atoms with Crippen LogP contribution >= 0.6 is 0 Å². The van der Waals surface area contributed by atoms with E-state index in [1.54, 1.807) is 25.1 Å². The molecule has 168 valence electrons. The maximum absolute atomic E-state index is 12.4. The van der Waals surface area contributed by atoms with Crippen LogP contribution in [0.3, 0.4) is 0 Å². The average molecular weight is 437 g/mol. The Bertz CT molecular complexity index is 974. The van der Waals surface area contributed by atoms with Gasteiger partial charge in [-0.05, 0) is 74.6 Å². The van der Waals surface area contributed by atoms with Gasteiger partial charge in [0.2, 0.25) is 5.91 Å². The number of hydrogen-bond donors (Lipinski definition) is 2. The Balaban J connectivity index is 1.51. The van der Waals surface area contributed by atoms with Crippen molar-refractivity contribution in [3.63, 3.8) is 0 Å². The average Bonchev–Trinajstić information content (AvgIpc) is 2.79. The fraction of sp³-hybridized carbons (Fsp3) is 0.320. The van der Waals surface area contributed by atoms with Crippen LogP contribution in [0.15, 0.2) is 60.2 Å².